The Balaban J connectivity index is 0. The van der Waals surface area contributed by atoms with Crippen LogP contribution in [0.25, 0.3) is 27.6 Å². The molecule has 5 heteroatoms. The molecule has 0 aromatic heterocycles. The van der Waals surface area contributed by atoms with Gasteiger partial charge >= 0.3 is 0 Å². The Labute approximate surface area is 252 Å². The second-order valence-electron chi connectivity index (χ2n) is 8.98. The number of unbranched alkanes of at least 4 members (excludes halogenated alkanes) is 7. The van der Waals surface area contributed by atoms with Gasteiger partial charge < -0.3 is 22.2 Å². The number of fused-ring (bicyclic) bond motifs is 5. The normalized spacial score (nSPS) is 12.7. The zero-order valence-corrected chi connectivity index (χ0v) is 26.3. The molecule has 0 radical (unpaired) electrons. The Kier molecular flexibility index (Phi) is 27.1. The number of aliphatic hydroxyl groups is 3. The first-order chi connectivity index (χ1) is 18.5. The average molecular weight is 576 g/mol. The summed E-state index contributed by atoms with van der Waals surface area (Å²) in [6.07, 6.45) is 14.5. The summed E-state index contributed by atoms with van der Waals surface area (Å²) in [5, 5.41) is 27.5. The van der Waals surface area contributed by atoms with Gasteiger partial charge in [0.15, 0.2) is 0 Å². The number of halogens is 1. The van der Waals surface area contributed by atoms with Gasteiger partial charge in [-0.05, 0) is 53.4 Å². The topological polar surface area (TPSA) is 60.7 Å². The second-order valence-corrected chi connectivity index (χ2v) is 8.98. The molecular formula is C34H52FO3Ti-. The van der Waals surface area contributed by atoms with Crippen LogP contribution in [0.15, 0.2) is 54.6 Å². The molecular weight excluding hydrogens is 523 g/mol. The fourth-order valence-electron chi connectivity index (χ4n) is 4.15. The Bertz CT molecular complexity index is 994. The van der Waals surface area contributed by atoms with Crippen molar-refractivity contribution in [1.82, 2.24) is 0 Å². The maximum atomic E-state index is 14.0. The molecule has 218 valence electrons. The van der Waals surface area contributed by atoms with Crippen LogP contribution in [0.4, 0.5) is 4.39 Å². The summed E-state index contributed by atoms with van der Waals surface area (Å²) in [4.78, 5) is 0. The van der Waals surface area contributed by atoms with Crippen LogP contribution in [-0.2, 0) is 21.7 Å². The van der Waals surface area contributed by atoms with Crippen molar-refractivity contribution in [1.29, 1.82) is 0 Å². The predicted molar refractivity (Wildman–Crippen MR) is 165 cm³/mol. The van der Waals surface area contributed by atoms with Crippen LogP contribution < -0.4 is 0 Å². The molecule has 0 bridgehead atoms. The molecule has 1 atom stereocenters. The standard InChI is InChI=1S/C18H13F.C10H21.3C2H6O.Ti/c19-18-7-3-6-14-16-9-8-12-4-1-2-5-13(12)15(16)10-11-17(14)18;1-3-5-7-9-10-8-6-4-2;3*1-2-3;/h1-6,8-11,18H,7H2;1,3-10H2,2H3;3*3H,2H2,1H3;/q;-1;;;;. The van der Waals surface area contributed by atoms with Gasteiger partial charge in [-0.1, -0.05) is 113 Å². The Morgan fingerprint density at radius 3 is 1.85 bits per heavy atom. The Morgan fingerprint density at radius 1 is 0.718 bits per heavy atom. The maximum Gasteiger partial charge on any atom is 0.129 e. The minimum absolute atomic E-state index is 0. The quantitative estimate of drug-likeness (QED) is 0.114. The van der Waals surface area contributed by atoms with Crippen molar-refractivity contribution in [2.24, 2.45) is 0 Å². The minimum Gasteiger partial charge on any atom is -0.397 e. The average Bonchev–Trinajstić information content (AvgIpc) is 2.92. The van der Waals surface area contributed by atoms with E-state index in [4.69, 9.17) is 15.3 Å². The van der Waals surface area contributed by atoms with Gasteiger partial charge in [-0.2, -0.15) is 6.42 Å². The molecule has 0 aliphatic heterocycles. The fraction of sp³-hybridized carbons (Fsp3) is 0.500. The molecule has 3 aromatic carbocycles. The first-order valence-corrected chi connectivity index (χ1v) is 14.4. The number of hydrogen-bond donors (Lipinski definition) is 3. The van der Waals surface area contributed by atoms with Crippen molar-refractivity contribution in [2.45, 2.75) is 91.7 Å². The molecule has 0 fully saturated rings. The van der Waals surface area contributed by atoms with E-state index in [2.05, 4.69) is 56.3 Å². The van der Waals surface area contributed by atoms with Gasteiger partial charge in [0.1, 0.15) is 6.17 Å². The van der Waals surface area contributed by atoms with Crippen molar-refractivity contribution in [3.63, 3.8) is 0 Å². The SMILES string of the molecule is CCO.CCO.CCO.FC1CC=Cc2c1ccc1c2ccc2ccccc21.[CH2-]CCCCCCCCC.[Ti]. The van der Waals surface area contributed by atoms with Crippen molar-refractivity contribution in [3.05, 3.63) is 72.7 Å². The summed E-state index contributed by atoms with van der Waals surface area (Å²) in [7, 11) is 0. The van der Waals surface area contributed by atoms with Gasteiger partial charge in [0.25, 0.3) is 0 Å². The first kappa shape index (κ1) is 39.6. The van der Waals surface area contributed by atoms with Crippen molar-refractivity contribution >= 4 is 27.6 Å². The number of benzene rings is 3. The molecule has 39 heavy (non-hydrogen) atoms. The molecule has 0 saturated carbocycles. The minimum atomic E-state index is -0.865. The summed E-state index contributed by atoms with van der Waals surface area (Å²) in [6, 6.07) is 16.6. The van der Waals surface area contributed by atoms with Gasteiger partial charge in [0, 0.05) is 48.0 Å². The summed E-state index contributed by atoms with van der Waals surface area (Å²) in [5.41, 5.74) is 1.87. The second kappa shape index (κ2) is 26.7. The molecule has 0 amide bonds. The van der Waals surface area contributed by atoms with E-state index in [9.17, 15) is 4.39 Å². The van der Waals surface area contributed by atoms with Gasteiger partial charge in [-0.15, -0.1) is 0 Å². The van der Waals surface area contributed by atoms with Crippen LogP contribution in [0.1, 0.15) is 103 Å². The van der Waals surface area contributed by atoms with E-state index in [1.54, 1.807) is 20.8 Å². The molecule has 0 spiro atoms. The van der Waals surface area contributed by atoms with E-state index < -0.39 is 6.17 Å². The van der Waals surface area contributed by atoms with E-state index in [0.717, 1.165) is 22.9 Å². The summed E-state index contributed by atoms with van der Waals surface area (Å²) in [6.45, 7) is 11.9. The molecule has 1 aliphatic carbocycles. The molecule has 0 heterocycles. The van der Waals surface area contributed by atoms with Crippen molar-refractivity contribution < 1.29 is 41.4 Å². The summed E-state index contributed by atoms with van der Waals surface area (Å²) >= 11 is 0. The molecule has 3 nitrogen and oxygen atoms in total. The predicted octanol–water partition coefficient (Wildman–Crippen LogP) is 9.37. The number of hydrogen-bond acceptors (Lipinski definition) is 3. The van der Waals surface area contributed by atoms with E-state index in [1.807, 2.05) is 18.2 Å². The number of aliphatic hydroxyl groups excluding tert-OH is 3. The van der Waals surface area contributed by atoms with Gasteiger partial charge in [-0.25, -0.2) is 4.39 Å². The fourth-order valence-corrected chi connectivity index (χ4v) is 4.15. The molecule has 3 aromatic rings. The third-order valence-corrected chi connectivity index (χ3v) is 5.82. The van der Waals surface area contributed by atoms with Gasteiger partial charge in [0.05, 0.1) is 0 Å². The van der Waals surface area contributed by atoms with Crippen LogP contribution in [0.3, 0.4) is 0 Å². The number of alkyl halides is 1. The Hall–Kier alpha value is -1.56. The van der Waals surface area contributed by atoms with Crippen LogP contribution in [0.2, 0.25) is 0 Å². The van der Waals surface area contributed by atoms with E-state index >= 15 is 0 Å². The largest absolute Gasteiger partial charge is 0.397 e. The van der Waals surface area contributed by atoms with E-state index in [1.165, 1.54) is 61.1 Å². The first-order valence-electron chi connectivity index (χ1n) is 14.4. The summed E-state index contributed by atoms with van der Waals surface area (Å²) < 4.78 is 14.0. The number of rotatable bonds is 7. The molecule has 0 saturated heterocycles. The van der Waals surface area contributed by atoms with Crippen LogP contribution in [-0.4, -0.2) is 35.1 Å². The maximum absolute atomic E-state index is 14.0. The van der Waals surface area contributed by atoms with E-state index in [-0.39, 0.29) is 41.5 Å². The summed E-state index contributed by atoms with van der Waals surface area (Å²) in [5.74, 6) is 0. The van der Waals surface area contributed by atoms with Crippen molar-refractivity contribution in [2.75, 3.05) is 19.8 Å². The Morgan fingerprint density at radius 2 is 1.26 bits per heavy atom. The molecule has 1 unspecified atom stereocenters. The molecule has 1 aliphatic rings. The van der Waals surface area contributed by atoms with Gasteiger partial charge in [0.2, 0.25) is 0 Å². The smallest absolute Gasteiger partial charge is 0.129 e. The number of allylic oxidation sites excluding steroid dienone is 1. The van der Waals surface area contributed by atoms with Crippen molar-refractivity contribution in [3.8, 4) is 0 Å². The van der Waals surface area contributed by atoms with Gasteiger partial charge in [-0.3, -0.25) is 0 Å². The van der Waals surface area contributed by atoms with Crippen LogP contribution >= 0.6 is 0 Å². The molecule has 4 rings (SSSR count). The zero-order chi connectivity index (χ0) is 28.6. The zero-order valence-electron chi connectivity index (χ0n) is 24.8. The molecule has 3 N–H and O–H groups in total. The van der Waals surface area contributed by atoms with Crippen LogP contribution in [0, 0.1) is 6.92 Å². The van der Waals surface area contributed by atoms with E-state index in [0.29, 0.717) is 6.42 Å². The van der Waals surface area contributed by atoms with Crippen LogP contribution in [0.5, 0.6) is 0 Å². The third-order valence-electron chi connectivity index (χ3n) is 5.82. The monoisotopic (exact) mass is 575 g/mol. The third kappa shape index (κ3) is 15.7.